The number of hydrogen-bond donors (Lipinski definition) is 1. The number of amidine groups is 1. The van der Waals surface area contributed by atoms with Crippen molar-refractivity contribution in [1.82, 2.24) is 10.2 Å². The van der Waals surface area contributed by atoms with Gasteiger partial charge in [0.25, 0.3) is 6.43 Å². The number of para-hydroxylation sites is 1. The third-order valence-electron chi connectivity index (χ3n) is 4.54. The number of ether oxygens (including phenoxy) is 1. The summed E-state index contributed by atoms with van der Waals surface area (Å²) in [5.41, 5.74) is 2.29. The smallest absolute Gasteiger partial charge is 0.263 e. The van der Waals surface area contributed by atoms with E-state index in [1.807, 2.05) is 25.1 Å². The lowest BCUT2D eigenvalue weighted by atomic mass is 10.1. The first-order valence-electron chi connectivity index (χ1n) is 8.38. The number of nitrogens with zero attached hydrogens (tertiary/aromatic N) is 2. The van der Waals surface area contributed by atoms with Crippen LogP contribution in [0.3, 0.4) is 0 Å². The molecule has 130 valence electrons. The van der Waals surface area contributed by atoms with Gasteiger partial charge in [-0.3, -0.25) is 0 Å². The molecule has 0 atom stereocenters. The van der Waals surface area contributed by atoms with Crippen molar-refractivity contribution in [2.24, 2.45) is 4.99 Å². The van der Waals surface area contributed by atoms with E-state index in [0.29, 0.717) is 11.4 Å². The van der Waals surface area contributed by atoms with Gasteiger partial charge in [0.15, 0.2) is 5.75 Å². The Bertz CT molecular complexity index is 829. The van der Waals surface area contributed by atoms with Crippen LogP contribution >= 0.6 is 0 Å². The molecule has 0 unspecified atom stereocenters. The third kappa shape index (κ3) is 2.98. The van der Waals surface area contributed by atoms with Crippen LogP contribution in [0.25, 0.3) is 0 Å². The summed E-state index contributed by atoms with van der Waals surface area (Å²) in [7, 11) is 0. The predicted molar refractivity (Wildman–Crippen MR) is 93.3 cm³/mol. The molecule has 1 saturated heterocycles. The van der Waals surface area contributed by atoms with Crippen LogP contribution in [0.2, 0.25) is 0 Å². The molecule has 2 aliphatic rings. The van der Waals surface area contributed by atoms with E-state index in [1.54, 1.807) is 6.07 Å². The molecule has 0 aliphatic carbocycles. The summed E-state index contributed by atoms with van der Waals surface area (Å²) in [4.78, 5) is 6.93. The summed E-state index contributed by atoms with van der Waals surface area (Å²) < 4.78 is 32.3. The van der Waals surface area contributed by atoms with Crippen LogP contribution < -0.4 is 10.1 Å². The molecule has 0 spiro atoms. The first-order valence-corrected chi connectivity index (χ1v) is 8.38. The summed E-state index contributed by atoms with van der Waals surface area (Å²) in [6.45, 7) is 5.34. The number of hydrogen-bond acceptors (Lipinski definition) is 4. The van der Waals surface area contributed by atoms with Gasteiger partial charge in [-0.2, -0.15) is 0 Å². The molecule has 1 fully saturated rings. The number of alkyl halides is 2. The van der Waals surface area contributed by atoms with Crippen LogP contribution in [0.5, 0.6) is 11.5 Å². The molecule has 2 aliphatic heterocycles. The van der Waals surface area contributed by atoms with E-state index >= 15 is 0 Å². The molecule has 0 radical (unpaired) electrons. The molecule has 0 bridgehead atoms. The molecular weight excluding hydrogens is 324 g/mol. The molecule has 2 aromatic rings. The predicted octanol–water partition coefficient (Wildman–Crippen LogP) is 4.02. The number of piperazine rings is 1. The molecule has 0 aromatic heterocycles. The Morgan fingerprint density at radius 3 is 2.72 bits per heavy atom. The van der Waals surface area contributed by atoms with Gasteiger partial charge in [0.2, 0.25) is 0 Å². The molecule has 4 rings (SSSR count). The first kappa shape index (κ1) is 16.0. The van der Waals surface area contributed by atoms with E-state index < -0.39 is 6.43 Å². The van der Waals surface area contributed by atoms with Crippen LogP contribution in [0.1, 0.15) is 23.1 Å². The standard InChI is InChI=1S/C19H19F2N3O/c1-12-3-2-4-14-17(12)25-16-6-5-13(18(20)21)11-15(16)23-19(14)24-9-7-22-8-10-24/h2-6,11,18,22H,7-10H2,1H3. The Hall–Kier alpha value is -2.47. The zero-order valence-electron chi connectivity index (χ0n) is 13.9. The van der Waals surface area contributed by atoms with Crippen LogP contribution in [0.15, 0.2) is 41.4 Å². The number of fused-ring (bicyclic) bond motifs is 2. The highest BCUT2D eigenvalue weighted by Crippen LogP contribution is 2.41. The molecule has 2 aromatic carbocycles. The second-order valence-corrected chi connectivity index (χ2v) is 6.25. The summed E-state index contributed by atoms with van der Waals surface area (Å²) in [5.74, 6) is 2.03. The van der Waals surface area contributed by atoms with Gasteiger partial charge in [-0.1, -0.05) is 12.1 Å². The summed E-state index contributed by atoms with van der Waals surface area (Å²) in [5, 5.41) is 3.32. The van der Waals surface area contributed by atoms with Crippen LogP contribution in [-0.2, 0) is 0 Å². The Kier molecular flexibility index (Phi) is 4.13. The highest BCUT2D eigenvalue weighted by molar-refractivity contribution is 6.04. The molecule has 4 nitrogen and oxygen atoms in total. The van der Waals surface area contributed by atoms with Crippen molar-refractivity contribution >= 4 is 11.5 Å². The van der Waals surface area contributed by atoms with E-state index in [4.69, 9.17) is 9.73 Å². The normalized spacial score (nSPS) is 16.6. The number of halogens is 2. The lowest BCUT2D eigenvalue weighted by molar-refractivity contribution is 0.151. The molecule has 1 N–H and O–H groups in total. The van der Waals surface area contributed by atoms with Crippen molar-refractivity contribution in [2.45, 2.75) is 13.3 Å². The topological polar surface area (TPSA) is 36.9 Å². The Balaban J connectivity index is 1.89. The van der Waals surface area contributed by atoms with E-state index in [-0.39, 0.29) is 5.56 Å². The zero-order chi connectivity index (χ0) is 17.4. The molecule has 6 heteroatoms. The molecule has 0 saturated carbocycles. The average Bonchev–Trinajstić information content (AvgIpc) is 2.79. The SMILES string of the molecule is Cc1cccc2c1Oc1ccc(C(F)F)cc1N=C2N1CCNCC1. The second-order valence-electron chi connectivity index (χ2n) is 6.25. The number of rotatable bonds is 1. The van der Waals surface area contributed by atoms with Gasteiger partial charge in [0, 0.05) is 31.7 Å². The third-order valence-corrected chi connectivity index (χ3v) is 4.54. The molecular formula is C19H19F2N3O. The summed E-state index contributed by atoms with van der Waals surface area (Å²) in [6, 6.07) is 10.3. The summed E-state index contributed by atoms with van der Waals surface area (Å²) in [6.07, 6.45) is -2.53. The quantitative estimate of drug-likeness (QED) is 0.850. The van der Waals surface area contributed by atoms with Crippen molar-refractivity contribution in [2.75, 3.05) is 26.2 Å². The summed E-state index contributed by atoms with van der Waals surface area (Å²) >= 11 is 0. The van der Waals surface area contributed by atoms with Crippen molar-refractivity contribution in [3.63, 3.8) is 0 Å². The van der Waals surface area contributed by atoms with Crippen molar-refractivity contribution in [1.29, 1.82) is 0 Å². The highest BCUT2D eigenvalue weighted by Gasteiger charge is 2.25. The van der Waals surface area contributed by atoms with Gasteiger partial charge in [-0.25, -0.2) is 13.8 Å². The minimum Gasteiger partial charge on any atom is -0.454 e. The van der Waals surface area contributed by atoms with Crippen molar-refractivity contribution in [3.05, 3.63) is 53.1 Å². The van der Waals surface area contributed by atoms with Gasteiger partial charge in [-0.05, 0) is 36.8 Å². The highest BCUT2D eigenvalue weighted by atomic mass is 19.3. The van der Waals surface area contributed by atoms with Crippen molar-refractivity contribution < 1.29 is 13.5 Å². The number of aliphatic imine (C=N–C) groups is 1. The fraction of sp³-hybridized carbons (Fsp3) is 0.316. The van der Waals surface area contributed by atoms with E-state index in [9.17, 15) is 8.78 Å². The number of aryl methyl sites for hydroxylation is 1. The molecule has 0 amide bonds. The Labute approximate surface area is 145 Å². The Morgan fingerprint density at radius 2 is 1.96 bits per heavy atom. The molecule has 25 heavy (non-hydrogen) atoms. The number of benzene rings is 2. The zero-order valence-corrected chi connectivity index (χ0v) is 13.9. The Morgan fingerprint density at radius 1 is 1.16 bits per heavy atom. The fourth-order valence-corrected chi connectivity index (χ4v) is 3.21. The number of nitrogens with one attached hydrogen (secondary N) is 1. The van der Waals surface area contributed by atoms with Crippen LogP contribution in [-0.4, -0.2) is 36.9 Å². The second kappa shape index (κ2) is 6.44. The maximum Gasteiger partial charge on any atom is 0.263 e. The van der Waals surface area contributed by atoms with Gasteiger partial charge in [-0.15, -0.1) is 0 Å². The van der Waals surface area contributed by atoms with Gasteiger partial charge >= 0.3 is 0 Å². The maximum absolute atomic E-state index is 13.1. The lowest BCUT2D eigenvalue weighted by Crippen LogP contribution is -2.46. The van der Waals surface area contributed by atoms with Gasteiger partial charge in [0.1, 0.15) is 17.3 Å². The minimum atomic E-state index is -2.53. The van der Waals surface area contributed by atoms with Crippen LogP contribution in [0.4, 0.5) is 14.5 Å². The minimum absolute atomic E-state index is 0.0477. The maximum atomic E-state index is 13.1. The lowest BCUT2D eigenvalue weighted by Gasteiger charge is -2.30. The van der Waals surface area contributed by atoms with Gasteiger partial charge in [0.05, 0.1) is 5.56 Å². The van der Waals surface area contributed by atoms with Crippen LogP contribution in [0, 0.1) is 6.92 Å². The van der Waals surface area contributed by atoms with Crippen molar-refractivity contribution in [3.8, 4) is 11.5 Å². The molecule has 2 heterocycles. The van der Waals surface area contributed by atoms with E-state index in [0.717, 1.165) is 48.9 Å². The largest absolute Gasteiger partial charge is 0.454 e. The fourth-order valence-electron chi connectivity index (χ4n) is 3.21. The van der Waals surface area contributed by atoms with E-state index in [2.05, 4.69) is 10.2 Å². The monoisotopic (exact) mass is 343 g/mol. The first-order chi connectivity index (χ1) is 12.1. The average molecular weight is 343 g/mol. The van der Waals surface area contributed by atoms with E-state index in [1.165, 1.54) is 12.1 Å². The van der Waals surface area contributed by atoms with Gasteiger partial charge < -0.3 is 15.0 Å².